The minimum atomic E-state index is -0.145. The molecule has 2 heterocycles. The van der Waals surface area contributed by atoms with Gasteiger partial charge >= 0.3 is 0 Å². The molecular weight excluding hydrogens is 300 g/mol. The molecule has 120 valence electrons. The second-order valence-electron chi connectivity index (χ2n) is 5.91. The van der Waals surface area contributed by atoms with E-state index < -0.39 is 0 Å². The minimum Gasteiger partial charge on any atom is -0.350 e. The van der Waals surface area contributed by atoms with E-state index in [9.17, 15) is 0 Å². The lowest BCUT2D eigenvalue weighted by molar-refractivity contribution is 0.318. The average Bonchev–Trinajstić information content (AvgIpc) is 3.07. The van der Waals surface area contributed by atoms with Gasteiger partial charge in [-0.15, -0.1) is 11.3 Å². The third-order valence-corrected chi connectivity index (χ3v) is 3.74. The summed E-state index contributed by atoms with van der Waals surface area (Å²) >= 11 is 1.66. The van der Waals surface area contributed by atoms with Crippen LogP contribution in [-0.2, 0) is 18.5 Å². The predicted octanol–water partition coefficient (Wildman–Crippen LogP) is 2.00. The zero-order valence-electron chi connectivity index (χ0n) is 13.6. The van der Waals surface area contributed by atoms with Crippen molar-refractivity contribution in [3.8, 4) is 0 Å². The van der Waals surface area contributed by atoms with E-state index in [0.29, 0.717) is 30.8 Å². The standard InChI is InChI=1S/C14H22N6OS/c1-9-6-16-11(22-9)8-18-13(15-5)17-7-10-19-12(21-20-10)14(2,3)4/h6H,7-8H2,1-5H3,(H2,15,17,18). The third kappa shape index (κ3) is 4.52. The molecule has 0 bridgehead atoms. The summed E-state index contributed by atoms with van der Waals surface area (Å²) in [6.45, 7) is 9.24. The number of aliphatic imine (C=N–C) groups is 1. The molecule has 0 fully saturated rings. The summed E-state index contributed by atoms with van der Waals surface area (Å²) in [5, 5.41) is 11.4. The fourth-order valence-corrected chi connectivity index (χ4v) is 2.38. The maximum atomic E-state index is 5.26. The van der Waals surface area contributed by atoms with Crippen molar-refractivity contribution in [2.45, 2.75) is 46.2 Å². The Morgan fingerprint density at radius 3 is 2.59 bits per heavy atom. The van der Waals surface area contributed by atoms with Crippen molar-refractivity contribution >= 4 is 17.3 Å². The van der Waals surface area contributed by atoms with E-state index in [4.69, 9.17) is 4.52 Å². The average molecular weight is 322 g/mol. The van der Waals surface area contributed by atoms with Crippen LogP contribution in [0.25, 0.3) is 0 Å². The molecule has 0 unspecified atom stereocenters. The van der Waals surface area contributed by atoms with Crippen molar-refractivity contribution in [1.82, 2.24) is 25.8 Å². The fraction of sp³-hybridized carbons (Fsp3) is 0.571. The van der Waals surface area contributed by atoms with Crippen molar-refractivity contribution < 1.29 is 4.52 Å². The van der Waals surface area contributed by atoms with Crippen molar-refractivity contribution in [3.63, 3.8) is 0 Å². The quantitative estimate of drug-likeness (QED) is 0.661. The summed E-state index contributed by atoms with van der Waals surface area (Å²) in [6, 6.07) is 0. The molecule has 2 N–H and O–H groups in total. The summed E-state index contributed by atoms with van der Waals surface area (Å²) in [6.07, 6.45) is 1.87. The molecule has 0 aliphatic rings. The van der Waals surface area contributed by atoms with Crippen LogP contribution >= 0.6 is 11.3 Å². The van der Waals surface area contributed by atoms with Crippen molar-refractivity contribution in [2.75, 3.05) is 7.05 Å². The van der Waals surface area contributed by atoms with Gasteiger partial charge in [-0.25, -0.2) is 4.98 Å². The normalized spacial score (nSPS) is 12.5. The lowest BCUT2D eigenvalue weighted by Crippen LogP contribution is -2.36. The van der Waals surface area contributed by atoms with Crippen molar-refractivity contribution in [3.05, 3.63) is 27.8 Å². The van der Waals surface area contributed by atoms with Crippen LogP contribution < -0.4 is 10.6 Å². The van der Waals surface area contributed by atoms with E-state index in [1.165, 1.54) is 4.88 Å². The molecule has 0 aliphatic heterocycles. The van der Waals surface area contributed by atoms with Crippen LogP contribution in [0.2, 0.25) is 0 Å². The Morgan fingerprint density at radius 2 is 2.05 bits per heavy atom. The molecule has 2 rings (SSSR count). The van der Waals surface area contributed by atoms with E-state index in [-0.39, 0.29) is 5.41 Å². The SMILES string of the molecule is CN=C(NCc1noc(C(C)(C)C)n1)NCc1ncc(C)s1. The number of hydrogen-bond donors (Lipinski definition) is 2. The number of nitrogens with zero attached hydrogens (tertiary/aromatic N) is 4. The largest absolute Gasteiger partial charge is 0.350 e. The fourth-order valence-electron chi connectivity index (χ4n) is 1.66. The van der Waals surface area contributed by atoms with Gasteiger partial charge < -0.3 is 15.2 Å². The molecule has 0 amide bonds. The van der Waals surface area contributed by atoms with Gasteiger partial charge in [0, 0.05) is 23.5 Å². The third-order valence-electron chi connectivity index (χ3n) is 2.82. The Labute approximate surface area is 134 Å². The topological polar surface area (TPSA) is 88.2 Å². The van der Waals surface area contributed by atoms with Gasteiger partial charge in [-0.1, -0.05) is 25.9 Å². The predicted molar refractivity (Wildman–Crippen MR) is 86.9 cm³/mol. The van der Waals surface area contributed by atoms with Gasteiger partial charge in [-0.2, -0.15) is 4.98 Å². The molecule has 0 radical (unpaired) electrons. The molecule has 2 aromatic heterocycles. The second-order valence-corrected chi connectivity index (χ2v) is 7.23. The van der Waals surface area contributed by atoms with Gasteiger partial charge in [0.2, 0.25) is 5.89 Å². The number of thiazole rings is 1. The van der Waals surface area contributed by atoms with Gasteiger partial charge in [-0.05, 0) is 6.92 Å². The first kappa shape index (κ1) is 16.4. The van der Waals surface area contributed by atoms with E-state index in [2.05, 4.69) is 30.8 Å². The van der Waals surface area contributed by atoms with Crippen LogP contribution in [0.5, 0.6) is 0 Å². The molecule has 0 aliphatic carbocycles. The summed E-state index contributed by atoms with van der Waals surface area (Å²) in [5.74, 6) is 1.92. The minimum absolute atomic E-state index is 0.145. The molecule has 8 heteroatoms. The second kappa shape index (κ2) is 6.87. The molecule has 0 atom stereocenters. The van der Waals surface area contributed by atoms with Gasteiger partial charge in [0.05, 0.1) is 13.1 Å². The number of rotatable bonds is 4. The summed E-state index contributed by atoms with van der Waals surface area (Å²) < 4.78 is 5.26. The Kier molecular flexibility index (Phi) is 5.12. The van der Waals surface area contributed by atoms with E-state index in [1.807, 2.05) is 33.9 Å². The zero-order valence-corrected chi connectivity index (χ0v) is 14.4. The van der Waals surface area contributed by atoms with Crippen molar-refractivity contribution in [1.29, 1.82) is 0 Å². The first-order chi connectivity index (χ1) is 10.4. The molecule has 7 nitrogen and oxygen atoms in total. The summed E-state index contributed by atoms with van der Waals surface area (Å²) in [7, 11) is 1.72. The molecule has 2 aromatic rings. The molecular formula is C14H22N6OS. The van der Waals surface area contributed by atoms with Crippen LogP contribution in [0.4, 0.5) is 0 Å². The molecule has 0 spiro atoms. The number of hydrogen-bond acceptors (Lipinski definition) is 6. The highest BCUT2D eigenvalue weighted by molar-refractivity contribution is 7.11. The van der Waals surface area contributed by atoms with Crippen LogP contribution in [0, 0.1) is 6.92 Å². The molecule has 22 heavy (non-hydrogen) atoms. The Morgan fingerprint density at radius 1 is 1.32 bits per heavy atom. The van der Waals surface area contributed by atoms with Crippen LogP contribution in [0.15, 0.2) is 15.7 Å². The highest BCUT2D eigenvalue weighted by atomic mass is 32.1. The van der Waals surface area contributed by atoms with Crippen LogP contribution in [0.3, 0.4) is 0 Å². The number of guanidine groups is 1. The van der Waals surface area contributed by atoms with Crippen LogP contribution in [0.1, 0.15) is 42.4 Å². The Hall–Kier alpha value is -1.96. The number of aryl methyl sites for hydroxylation is 1. The first-order valence-corrected chi connectivity index (χ1v) is 7.89. The molecule has 0 saturated carbocycles. The number of nitrogens with one attached hydrogen (secondary N) is 2. The highest BCUT2D eigenvalue weighted by Gasteiger charge is 2.21. The highest BCUT2D eigenvalue weighted by Crippen LogP contribution is 2.19. The van der Waals surface area contributed by atoms with E-state index >= 15 is 0 Å². The first-order valence-electron chi connectivity index (χ1n) is 7.07. The lowest BCUT2D eigenvalue weighted by Gasteiger charge is -2.10. The van der Waals surface area contributed by atoms with E-state index in [0.717, 1.165) is 5.01 Å². The summed E-state index contributed by atoms with van der Waals surface area (Å²) in [4.78, 5) is 14.0. The summed E-state index contributed by atoms with van der Waals surface area (Å²) in [5.41, 5.74) is -0.145. The maximum Gasteiger partial charge on any atom is 0.232 e. The van der Waals surface area contributed by atoms with Gasteiger partial charge in [0.25, 0.3) is 0 Å². The van der Waals surface area contributed by atoms with Crippen LogP contribution in [-0.4, -0.2) is 28.1 Å². The smallest absolute Gasteiger partial charge is 0.232 e. The monoisotopic (exact) mass is 322 g/mol. The maximum absolute atomic E-state index is 5.26. The van der Waals surface area contributed by atoms with Crippen molar-refractivity contribution in [2.24, 2.45) is 4.99 Å². The van der Waals surface area contributed by atoms with Gasteiger partial charge in [-0.3, -0.25) is 4.99 Å². The van der Waals surface area contributed by atoms with Gasteiger partial charge in [0.15, 0.2) is 11.8 Å². The van der Waals surface area contributed by atoms with Gasteiger partial charge in [0.1, 0.15) is 5.01 Å². The Bertz CT molecular complexity index is 640. The Balaban J connectivity index is 1.85. The lowest BCUT2D eigenvalue weighted by atomic mass is 9.97. The molecule has 0 aromatic carbocycles. The number of aromatic nitrogens is 3. The zero-order chi connectivity index (χ0) is 16.2. The van der Waals surface area contributed by atoms with E-state index in [1.54, 1.807) is 18.4 Å². The molecule has 0 saturated heterocycles.